The minimum Gasteiger partial charge on any atom is -0.493 e. The number of hydrogen-bond donors (Lipinski definition) is 1. The summed E-state index contributed by atoms with van der Waals surface area (Å²) in [5.41, 5.74) is -1.65. The van der Waals surface area contributed by atoms with Gasteiger partial charge in [0.05, 0.1) is 24.8 Å². The van der Waals surface area contributed by atoms with Crippen molar-refractivity contribution in [2.45, 2.75) is 42.3 Å². The predicted octanol–water partition coefficient (Wildman–Crippen LogP) is 4.83. The molecule has 0 bridgehead atoms. The first kappa shape index (κ1) is 27.6. The molecule has 0 spiro atoms. The molecule has 39 heavy (non-hydrogen) atoms. The van der Waals surface area contributed by atoms with Crippen LogP contribution in [0.1, 0.15) is 30.9 Å². The second kappa shape index (κ2) is 10.2. The number of carbonyl (C=O) groups is 1. The molecule has 0 aromatic heterocycles. The Labute approximate surface area is 237 Å². The van der Waals surface area contributed by atoms with Crippen LogP contribution in [0.2, 0.25) is 10.0 Å². The number of anilines is 1. The number of hydrogen-bond acceptors (Lipinski definition) is 6. The Morgan fingerprint density at radius 1 is 1.00 bits per heavy atom. The van der Waals surface area contributed by atoms with E-state index in [0.29, 0.717) is 12.3 Å². The Kier molecular flexibility index (Phi) is 7.22. The van der Waals surface area contributed by atoms with E-state index in [-0.39, 0.29) is 43.5 Å². The lowest BCUT2D eigenvalue weighted by atomic mass is 9.82. The lowest BCUT2D eigenvalue weighted by Crippen LogP contribution is -2.58. The van der Waals surface area contributed by atoms with Gasteiger partial charge in [0.15, 0.2) is 17.5 Å². The van der Waals surface area contributed by atoms with Crippen molar-refractivity contribution in [3.63, 3.8) is 0 Å². The first-order valence-corrected chi connectivity index (χ1v) is 14.6. The van der Waals surface area contributed by atoms with Crippen LogP contribution >= 0.6 is 23.2 Å². The van der Waals surface area contributed by atoms with E-state index in [4.69, 9.17) is 32.7 Å². The monoisotopic (exact) mass is 590 g/mol. The molecule has 11 heteroatoms. The van der Waals surface area contributed by atoms with Crippen LogP contribution in [0.15, 0.2) is 65.6 Å². The van der Waals surface area contributed by atoms with Gasteiger partial charge in [-0.1, -0.05) is 41.4 Å². The van der Waals surface area contributed by atoms with Crippen molar-refractivity contribution in [3.8, 4) is 11.5 Å². The quantitative estimate of drug-likeness (QED) is 0.441. The molecule has 0 radical (unpaired) electrons. The van der Waals surface area contributed by atoms with Gasteiger partial charge >= 0.3 is 0 Å². The van der Waals surface area contributed by atoms with Crippen LogP contribution in [0, 0.1) is 0 Å². The maximum absolute atomic E-state index is 14.4. The lowest BCUT2D eigenvalue weighted by molar-refractivity contribution is -0.137. The highest BCUT2D eigenvalue weighted by Gasteiger charge is 2.60. The topological polar surface area (TPSA) is 96.4 Å². The van der Waals surface area contributed by atoms with E-state index in [1.165, 1.54) is 50.6 Å². The van der Waals surface area contributed by atoms with E-state index in [1.54, 1.807) is 29.2 Å². The SMILES string of the molecule is COc1ccc(S(=O)(=O)N2c3ccc(Cl)cc3C(O)(c3ccccc3Cl)[C@H]2C(=O)N2CCCC2C)cc1OC. The van der Waals surface area contributed by atoms with Crippen LogP contribution in [0.3, 0.4) is 0 Å². The molecule has 0 saturated carbocycles. The molecule has 3 aromatic rings. The van der Waals surface area contributed by atoms with Gasteiger partial charge in [0.2, 0.25) is 5.91 Å². The van der Waals surface area contributed by atoms with Crippen molar-refractivity contribution in [1.29, 1.82) is 0 Å². The summed E-state index contributed by atoms with van der Waals surface area (Å²) in [6, 6.07) is 13.5. The second-order valence-electron chi connectivity index (χ2n) is 9.65. The summed E-state index contributed by atoms with van der Waals surface area (Å²) in [6.45, 7) is 2.35. The maximum Gasteiger partial charge on any atom is 0.265 e. The highest BCUT2D eigenvalue weighted by atomic mass is 35.5. The van der Waals surface area contributed by atoms with Gasteiger partial charge in [-0.15, -0.1) is 0 Å². The summed E-state index contributed by atoms with van der Waals surface area (Å²) in [6.07, 6.45) is 1.54. The zero-order valence-electron chi connectivity index (χ0n) is 21.6. The third-order valence-electron chi connectivity index (χ3n) is 7.50. The fraction of sp³-hybridized carbons (Fsp3) is 0.321. The summed E-state index contributed by atoms with van der Waals surface area (Å²) in [7, 11) is -1.60. The molecule has 206 valence electrons. The average molecular weight is 592 g/mol. The molecule has 2 unspecified atom stereocenters. The average Bonchev–Trinajstić information content (AvgIpc) is 3.47. The molecular weight excluding hydrogens is 563 g/mol. The highest BCUT2D eigenvalue weighted by molar-refractivity contribution is 7.93. The Balaban J connectivity index is 1.80. The molecule has 1 saturated heterocycles. The summed E-state index contributed by atoms with van der Waals surface area (Å²) in [4.78, 5) is 15.8. The third kappa shape index (κ3) is 4.32. The first-order valence-electron chi connectivity index (χ1n) is 12.4. The normalized spacial score (nSPS) is 22.6. The van der Waals surface area contributed by atoms with Gasteiger partial charge < -0.3 is 19.5 Å². The van der Waals surface area contributed by atoms with E-state index in [2.05, 4.69) is 0 Å². The van der Waals surface area contributed by atoms with Gasteiger partial charge in [0.1, 0.15) is 5.60 Å². The van der Waals surface area contributed by atoms with Crippen molar-refractivity contribution >= 4 is 44.8 Å². The fourth-order valence-electron chi connectivity index (χ4n) is 5.58. The fourth-order valence-corrected chi connectivity index (χ4v) is 7.69. The first-order chi connectivity index (χ1) is 18.5. The van der Waals surface area contributed by atoms with Gasteiger partial charge in [-0.05, 0) is 56.2 Å². The molecular formula is C28H28Cl2N2O6S. The molecule has 8 nitrogen and oxygen atoms in total. The highest BCUT2D eigenvalue weighted by Crippen LogP contribution is 2.53. The third-order valence-corrected chi connectivity index (χ3v) is 9.84. The van der Waals surface area contributed by atoms with Crippen molar-refractivity contribution in [2.75, 3.05) is 25.1 Å². The van der Waals surface area contributed by atoms with Crippen molar-refractivity contribution in [2.24, 2.45) is 0 Å². The lowest BCUT2D eigenvalue weighted by Gasteiger charge is -2.38. The molecule has 2 heterocycles. The molecule has 3 aromatic carbocycles. The van der Waals surface area contributed by atoms with Crippen LogP contribution in [0.25, 0.3) is 0 Å². The Morgan fingerprint density at radius 3 is 2.36 bits per heavy atom. The zero-order chi connectivity index (χ0) is 28.1. The van der Waals surface area contributed by atoms with Crippen LogP contribution in [0.4, 0.5) is 5.69 Å². The van der Waals surface area contributed by atoms with E-state index < -0.39 is 27.6 Å². The van der Waals surface area contributed by atoms with E-state index in [1.807, 2.05) is 6.92 Å². The molecule has 5 rings (SSSR count). The summed E-state index contributed by atoms with van der Waals surface area (Å²) >= 11 is 13.0. The molecule has 0 aliphatic carbocycles. The number of rotatable bonds is 6. The summed E-state index contributed by atoms with van der Waals surface area (Å²) < 4.78 is 40.5. The van der Waals surface area contributed by atoms with Gasteiger partial charge in [0, 0.05) is 39.8 Å². The number of benzene rings is 3. The van der Waals surface area contributed by atoms with Gasteiger partial charge in [-0.25, -0.2) is 12.7 Å². The maximum atomic E-state index is 14.4. The van der Waals surface area contributed by atoms with Gasteiger partial charge in [-0.3, -0.25) is 4.79 Å². The molecule has 1 fully saturated rings. The Hall–Kier alpha value is -2.98. The van der Waals surface area contributed by atoms with E-state index >= 15 is 0 Å². The number of halogens is 2. The number of sulfonamides is 1. The van der Waals surface area contributed by atoms with E-state index in [0.717, 1.165) is 17.1 Å². The molecule has 3 atom stereocenters. The van der Waals surface area contributed by atoms with Crippen LogP contribution in [-0.2, 0) is 20.4 Å². The second-order valence-corrected chi connectivity index (χ2v) is 12.3. The summed E-state index contributed by atoms with van der Waals surface area (Å²) in [5.74, 6) is 0.0152. The van der Waals surface area contributed by atoms with Crippen LogP contribution in [-0.4, -0.2) is 57.2 Å². The molecule has 2 aliphatic heterocycles. The number of carbonyl (C=O) groups excluding carboxylic acids is 1. The number of methoxy groups -OCH3 is 2. The van der Waals surface area contributed by atoms with Crippen LogP contribution in [0.5, 0.6) is 11.5 Å². The largest absolute Gasteiger partial charge is 0.493 e. The summed E-state index contributed by atoms with van der Waals surface area (Å²) in [5, 5.41) is 13.1. The molecule has 1 amide bonds. The van der Waals surface area contributed by atoms with Crippen LogP contribution < -0.4 is 13.8 Å². The smallest absolute Gasteiger partial charge is 0.265 e. The molecule has 2 aliphatic rings. The van der Waals surface area contributed by atoms with Crippen molar-refractivity contribution in [1.82, 2.24) is 4.90 Å². The minimum atomic E-state index is -4.45. The number of ether oxygens (including phenoxy) is 2. The van der Waals surface area contributed by atoms with Gasteiger partial charge in [-0.2, -0.15) is 0 Å². The Bertz CT molecular complexity index is 1550. The van der Waals surface area contributed by atoms with Crippen molar-refractivity contribution in [3.05, 3.63) is 81.8 Å². The number of fused-ring (bicyclic) bond motifs is 1. The number of aliphatic hydroxyl groups is 1. The number of likely N-dealkylation sites (tertiary alicyclic amines) is 1. The predicted molar refractivity (Wildman–Crippen MR) is 149 cm³/mol. The molecule has 1 N–H and O–H groups in total. The van der Waals surface area contributed by atoms with Crippen molar-refractivity contribution < 1.29 is 27.8 Å². The number of amides is 1. The minimum absolute atomic E-state index is 0.127. The number of nitrogens with zero attached hydrogens (tertiary/aromatic N) is 2. The Morgan fingerprint density at radius 2 is 1.72 bits per heavy atom. The van der Waals surface area contributed by atoms with E-state index in [9.17, 15) is 18.3 Å². The zero-order valence-corrected chi connectivity index (χ0v) is 23.9. The standard InChI is InChI=1S/C28H28Cl2N2O6S/c1-17-7-6-14-31(17)27(33)26-28(34,20-8-4-5-9-22(20)30)21-15-18(29)10-12-23(21)32(26)39(35,36)19-11-13-24(37-2)25(16-19)38-3/h4-5,8-13,15-17,26,34H,6-7,14H2,1-3H3/t17?,26-,28?/m1/s1. The van der Waals surface area contributed by atoms with Gasteiger partial charge in [0.25, 0.3) is 10.0 Å².